The first-order valence-electron chi connectivity index (χ1n) is 7.24. The van der Waals surface area contributed by atoms with Gasteiger partial charge in [0.2, 0.25) is 0 Å². The van der Waals surface area contributed by atoms with Gasteiger partial charge < -0.3 is 9.47 Å². The van der Waals surface area contributed by atoms with Crippen molar-refractivity contribution in [2.75, 3.05) is 13.7 Å². The molecule has 0 amide bonds. The van der Waals surface area contributed by atoms with Crippen molar-refractivity contribution in [3.63, 3.8) is 0 Å². The monoisotopic (exact) mass is 296 g/mol. The number of carbonyl (C=O) groups is 1. The number of ether oxygens (including phenoxy) is 2. The van der Waals surface area contributed by atoms with E-state index in [9.17, 15) is 4.79 Å². The molecular weight excluding hydrogens is 276 g/mol. The van der Waals surface area contributed by atoms with Crippen LogP contribution < -0.4 is 9.47 Å². The fourth-order valence-electron chi connectivity index (χ4n) is 2.12. The quantitative estimate of drug-likeness (QED) is 0.589. The lowest BCUT2D eigenvalue weighted by atomic mass is 10.1. The molecule has 0 N–H and O–H groups in total. The summed E-state index contributed by atoms with van der Waals surface area (Å²) in [6, 6.07) is 13.2. The average molecular weight is 296 g/mol. The van der Waals surface area contributed by atoms with Crippen molar-refractivity contribution >= 4 is 11.9 Å². The zero-order chi connectivity index (χ0) is 15.9. The van der Waals surface area contributed by atoms with Gasteiger partial charge in [0, 0.05) is 0 Å². The summed E-state index contributed by atoms with van der Waals surface area (Å²) >= 11 is 0. The van der Waals surface area contributed by atoms with Crippen molar-refractivity contribution in [3.05, 3.63) is 65.2 Å². The second-order valence-corrected chi connectivity index (χ2v) is 4.90. The lowest BCUT2D eigenvalue weighted by Gasteiger charge is -2.06. The number of aryl methyl sites for hydroxylation is 1. The molecule has 3 nitrogen and oxygen atoms in total. The van der Waals surface area contributed by atoms with Gasteiger partial charge in [-0.2, -0.15) is 0 Å². The maximum Gasteiger partial charge on any atom is 0.189 e. The Morgan fingerprint density at radius 1 is 1.14 bits per heavy atom. The van der Waals surface area contributed by atoms with Gasteiger partial charge in [-0.25, -0.2) is 0 Å². The number of methoxy groups -OCH3 is 1. The lowest BCUT2D eigenvalue weighted by Crippen LogP contribution is -1.99. The van der Waals surface area contributed by atoms with E-state index >= 15 is 0 Å². The Balaban J connectivity index is 2.15. The highest BCUT2D eigenvalue weighted by atomic mass is 16.5. The van der Waals surface area contributed by atoms with Crippen LogP contribution in [0.5, 0.6) is 11.5 Å². The molecule has 0 radical (unpaired) electrons. The molecule has 2 aromatic rings. The largest absolute Gasteiger partial charge is 0.496 e. The van der Waals surface area contributed by atoms with Gasteiger partial charge in [-0.15, -0.1) is 0 Å². The van der Waals surface area contributed by atoms with Gasteiger partial charge in [-0.1, -0.05) is 29.8 Å². The third-order valence-electron chi connectivity index (χ3n) is 3.24. The predicted octanol–water partition coefficient (Wildman–Crippen LogP) is 4.30. The van der Waals surface area contributed by atoms with Gasteiger partial charge in [0.05, 0.1) is 19.3 Å². The molecule has 3 heteroatoms. The third-order valence-corrected chi connectivity index (χ3v) is 3.24. The normalized spacial score (nSPS) is 10.7. The van der Waals surface area contributed by atoms with Crippen molar-refractivity contribution in [1.29, 1.82) is 0 Å². The number of allylic oxidation sites excluding steroid dienone is 1. The minimum Gasteiger partial charge on any atom is -0.496 e. The van der Waals surface area contributed by atoms with Crippen molar-refractivity contribution in [2.45, 2.75) is 13.8 Å². The zero-order valence-electron chi connectivity index (χ0n) is 13.1. The van der Waals surface area contributed by atoms with Gasteiger partial charge in [0.25, 0.3) is 0 Å². The predicted molar refractivity (Wildman–Crippen MR) is 88.7 cm³/mol. The lowest BCUT2D eigenvalue weighted by molar-refractivity contribution is 0.104. The maximum absolute atomic E-state index is 12.3. The van der Waals surface area contributed by atoms with E-state index < -0.39 is 0 Å². The maximum atomic E-state index is 12.3. The highest BCUT2D eigenvalue weighted by molar-refractivity contribution is 6.08. The third kappa shape index (κ3) is 3.98. The van der Waals surface area contributed by atoms with E-state index in [1.807, 2.05) is 56.3 Å². The van der Waals surface area contributed by atoms with Crippen LogP contribution in [0.1, 0.15) is 28.4 Å². The molecule has 0 heterocycles. The van der Waals surface area contributed by atoms with E-state index in [0.29, 0.717) is 17.9 Å². The molecule has 0 aliphatic rings. The summed E-state index contributed by atoms with van der Waals surface area (Å²) in [4.78, 5) is 12.3. The number of carbonyl (C=O) groups excluding carboxylic acids is 1. The van der Waals surface area contributed by atoms with Crippen LogP contribution in [0.25, 0.3) is 6.08 Å². The van der Waals surface area contributed by atoms with Crippen molar-refractivity contribution in [2.24, 2.45) is 0 Å². The Labute approximate surface area is 131 Å². The van der Waals surface area contributed by atoms with E-state index in [2.05, 4.69) is 0 Å². The van der Waals surface area contributed by atoms with Crippen LogP contribution in [0.15, 0.2) is 48.5 Å². The van der Waals surface area contributed by atoms with Gasteiger partial charge in [0.1, 0.15) is 11.5 Å². The molecule has 0 saturated heterocycles. The molecule has 0 spiro atoms. The second kappa shape index (κ2) is 7.46. The molecule has 2 rings (SSSR count). The molecule has 0 fully saturated rings. The molecule has 0 aromatic heterocycles. The number of hydrogen-bond donors (Lipinski definition) is 0. The highest BCUT2D eigenvalue weighted by Gasteiger charge is 2.09. The summed E-state index contributed by atoms with van der Waals surface area (Å²) in [7, 11) is 1.57. The number of rotatable bonds is 6. The Bertz CT molecular complexity index is 670. The van der Waals surface area contributed by atoms with Crippen LogP contribution in [0.2, 0.25) is 0 Å². The van der Waals surface area contributed by atoms with Crippen LogP contribution in [0.4, 0.5) is 0 Å². The fourth-order valence-corrected chi connectivity index (χ4v) is 2.12. The minimum absolute atomic E-state index is 0.0746. The average Bonchev–Trinajstić information content (AvgIpc) is 2.54. The smallest absolute Gasteiger partial charge is 0.189 e. The zero-order valence-corrected chi connectivity index (χ0v) is 13.1. The number of ketones is 1. The van der Waals surface area contributed by atoms with Gasteiger partial charge in [-0.05, 0) is 49.8 Å². The van der Waals surface area contributed by atoms with Crippen LogP contribution in [0, 0.1) is 6.92 Å². The molecule has 0 aliphatic heterocycles. The standard InChI is InChI=1S/C19H20O3/c1-4-22-16-9-6-15(7-10-16)8-11-18(20)17-13-14(2)5-12-19(17)21-3/h5-13H,4H2,1-3H3/b11-8+. The first kappa shape index (κ1) is 15.8. The topological polar surface area (TPSA) is 35.5 Å². The second-order valence-electron chi connectivity index (χ2n) is 4.90. The Morgan fingerprint density at radius 3 is 2.50 bits per heavy atom. The summed E-state index contributed by atoms with van der Waals surface area (Å²) in [5, 5.41) is 0. The summed E-state index contributed by atoms with van der Waals surface area (Å²) in [5.74, 6) is 1.34. The van der Waals surface area contributed by atoms with Crippen LogP contribution in [-0.2, 0) is 0 Å². The Kier molecular flexibility index (Phi) is 5.37. The summed E-state index contributed by atoms with van der Waals surface area (Å²) < 4.78 is 10.6. The SMILES string of the molecule is CCOc1ccc(/C=C/C(=O)c2cc(C)ccc2OC)cc1. The molecule has 0 aliphatic carbocycles. The summed E-state index contributed by atoms with van der Waals surface area (Å²) in [6.07, 6.45) is 3.35. The minimum atomic E-state index is -0.0746. The molecule has 0 atom stereocenters. The first-order valence-corrected chi connectivity index (χ1v) is 7.24. The van der Waals surface area contributed by atoms with E-state index in [0.717, 1.165) is 16.9 Å². The van der Waals surface area contributed by atoms with E-state index in [1.54, 1.807) is 19.3 Å². The molecule has 22 heavy (non-hydrogen) atoms. The number of hydrogen-bond acceptors (Lipinski definition) is 3. The molecular formula is C19H20O3. The molecule has 2 aromatic carbocycles. The Morgan fingerprint density at radius 2 is 1.86 bits per heavy atom. The van der Waals surface area contributed by atoms with Crippen LogP contribution in [-0.4, -0.2) is 19.5 Å². The first-order chi connectivity index (χ1) is 10.6. The fraction of sp³-hybridized carbons (Fsp3) is 0.211. The van der Waals surface area contributed by atoms with Crippen LogP contribution >= 0.6 is 0 Å². The molecule has 0 bridgehead atoms. The molecule has 114 valence electrons. The highest BCUT2D eigenvalue weighted by Crippen LogP contribution is 2.21. The molecule has 0 unspecified atom stereocenters. The van der Waals surface area contributed by atoms with Gasteiger partial charge in [0.15, 0.2) is 5.78 Å². The Hall–Kier alpha value is -2.55. The summed E-state index contributed by atoms with van der Waals surface area (Å²) in [5.41, 5.74) is 2.55. The van der Waals surface area contributed by atoms with Crippen molar-refractivity contribution < 1.29 is 14.3 Å². The van der Waals surface area contributed by atoms with E-state index in [4.69, 9.17) is 9.47 Å². The van der Waals surface area contributed by atoms with Gasteiger partial charge >= 0.3 is 0 Å². The van der Waals surface area contributed by atoms with E-state index in [1.165, 1.54) is 0 Å². The van der Waals surface area contributed by atoms with Gasteiger partial charge in [-0.3, -0.25) is 4.79 Å². The van der Waals surface area contributed by atoms with E-state index in [-0.39, 0.29) is 5.78 Å². The van der Waals surface area contributed by atoms with Crippen molar-refractivity contribution in [1.82, 2.24) is 0 Å². The van der Waals surface area contributed by atoms with Crippen LogP contribution in [0.3, 0.4) is 0 Å². The summed E-state index contributed by atoms with van der Waals surface area (Å²) in [6.45, 7) is 4.54. The van der Waals surface area contributed by atoms with Crippen molar-refractivity contribution in [3.8, 4) is 11.5 Å². The molecule has 0 saturated carbocycles. The number of benzene rings is 2.